The Bertz CT molecular complexity index is 1000. The number of para-hydroxylation sites is 1. The lowest BCUT2D eigenvalue weighted by atomic mass is 9.96. The van der Waals surface area contributed by atoms with Gasteiger partial charge in [0.1, 0.15) is 0 Å². The van der Waals surface area contributed by atoms with Gasteiger partial charge in [-0.2, -0.15) is 4.98 Å². The van der Waals surface area contributed by atoms with Gasteiger partial charge in [0.05, 0.1) is 6.54 Å². The Morgan fingerprint density at radius 1 is 1.16 bits per heavy atom. The quantitative estimate of drug-likeness (QED) is 0.558. The van der Waals surface area contributed by atoms with E-state index in [1.807, 2.05) is 49.5 Å². The summed E-state index contributed by atoms with van der Waals surface area (Å²) < 4.78 is 5.42. The Kier molecular flexibility index (Phi) is 7.39. The standard InChI is InChI=1S/C24H28ClN5O2/c1-29(21-5-3-2-4-6-21)16-13-26-24(31)19-11-14-30(15-12-19)17-22-27-23(28-32-22)18-7-9-20(25)10-8-18/h2-10,19H,11-17H2,1H3,(H,26,31). The number of halogens is 1. The van der Waals surface area contributed by atoms with Crippen molar-refractivity contribution in [1.29, 1.82) is 0 Å². The zero-order valence-corrected chi connectivity index (χ0v) is 19.0. The second-order valence-corrected chi connectivity index (χ2v) is 8.55. The molecule has 0 aliphatic carbocycles. The van der Waals surface area contributed by atoms with Gasteiger partial charge in [-0.3, -0.25) is 9.69 Å². The smallest absolute Gasteiger partial charge is 0.241 e. The molecule has 1 aliphatic heterocycles. The van der Waals surface area contributed by atoms with E-state index in [4.69, 9.17) is 16.1 Å². The second kappa shape index (κ2) is 10.6. The van der Waals surface area contributed by atoms with Crippen LogP contribution in [0.2, 0.25) is 5.02 Å². The summed E-state index contributed by atoms with van der Waals surface area (Å²) in [5, 5.41) is 7.84. The summed E-state index contributed by atoms with van der Waals surface area (Å²) in [4.78, 5) is 21.5. The number of aromatic nitrogens is 2. The van der Waals surface area contributed by atoms with Crippen molar-refractivity contribution in [2.45, 2.75) is 19.4 Å². The van der Waals surface area contributed by atoms with Crippen molar-refractivity contribution < 1.29 is 9.32 Å². The minimum atomic E-state index is 0.0561. The van der Waals surface area contributed by atoms with Crippen molar-refractivity contribution in [1.82, 2.24) is 20.4 Å². The molecular weight excluding hydrogens is 426 g/mol. The van der Waals surface area contributed by atoms with Crippen molar-refractivity contribution in [3.63, 3.8) is 0 Å². The van der Waals surface area contributed by atoms with Crippen LogP contribution in [-0.2, 0) is 11.3 Å². The van der Waals surface area contributed by atoms with Crippen LogP contribution in [0.15, 0.2) is 59.1 Å². The average molecular weight is 454 g/mol. The minimum Gasteiger partial charge on any atom is -0.373 e. The van der Waals surface area contributed by atoms with Gasteiger partial charge >= 0.3 is 0 Å². The summed E-state index contributed by atoms with van der Waals surface area (Å²) >= 11 is 5.93. The van der Waals surface area contributed by atoms with Gasteiger partial charge in [-0.15, -0.1) is 0 Å². The molecule has 3 aromatic rings. The van der Waals surface area contributed by atoms with E-state index in [0.29, 0.717) is 29.8 Å². The number of amides is 1. The van der Waals surface area contributed by atoms with E-state index in [1.54, 1.807) is 0 Å². The van der Waals surface area contributed by atoms with Gasteiger partial charge in [-0.05, 0) is 62.3 Å². The van der Waals surface area contributed by atoms with Crippen LogP contribution in [-0.4, -0.2) is 54.2 Å². The number of benzene rings is 2. The third-order valence-electron chi connectivity index (χ3n) is 5.83. The van der Waals surface area contributed by atoms with Crippen LogP contribution in [0.1, 0.15) is 18.7 Å². The Labute approximate surface area is 193 Å². The SMILES string of the molecule is CN(CCNC(=O)C1CCN(Cc2nc(-c3ccc(Cl)cc3)no2)CC1)c1ccccc1. The van der Waals surface area contributed by atoms with Crippen molar-refractivity contribution in [2.24, 2.45) is 5.92 Å². The number of nitrogens with zero attached hydrogens (tertiary/aromatic N) is 4. The maximum Gasteiger partial charge on any atom is 0.241 e. The number of carbonyl (C=O) groups excluding carboxylic acids is 1. The molecule has 1 amide bonds. The Balaban J connectivity index is 1.19. The first-order valence-electron chi connectivity index (χ1n) is 10.9. The highest BCUT2D eigenvalue weighted by molar-refractivity contribution is 6.30. The van der Waals surface area contributed by atoms with Crippen molar-refractivity contribution >= 4 is 23.2 Å². The highest BCUT2D eigenvalue weighted by Crippen LogP contribution is 2.21. The third-order valence-corrected chi connectivity index (χ3v) is 6.08. The fourth-order valence-electron chi connectivity index (χ4n) is 3.88. The molecule has 0 spiro atoms. The Hall–Kier alpha value is -2.90. The van der Waals surface area contributed by atoms with Gasteiger partial charge in [0, 0.05) is 42.3 Å². The molecule has 1 saturated heterocycles. The predicted octanol–water partition coefficient (Wildman–Crippen LogP) is 3.85. The lowest BCUT2D eigenvalue weighted by molar-refractivity contribution is -0.126. The molecule has 1 aliphatic rings. The van der Waals surface area contributed by atoms with Crippen LogP contribution in [0, 0.1) is 5.92 Å². The zero-order chi connectivity index (χ0) is 22.3. The number of likely N-dealkylation sites (N-methyl/N-ethyl adjacent to an activating group) is 1. The first kappa shape index (κ1) is 22.3. The molecule has 0 radical (unpaired) electrons. The number of rotatable bonds is 8. The normalized spacial score (nSPS) is 14.9. The highest BCUT2D eigenvalue weighted by atomic mass is 35.5. The fraction of sp³-hybridized carbons (Fsp3) is 0.375. The molecule has 0 saturated carbocycles. The fourth-order valence-corrected chi connectivity index (χ4v) is 4.01. The van der Waals surface area contributed by atoms with Crippen LogP contribution in [0.4, 0.5) is 5.69 Å². The zero-order valence-electron chi connectivity index (χ0n) is 18.2. The van der Waals surface area contributed by atoms with Crippen LogP contribution in [0.25, 0.3) is 11.4 Å². The first-order valence-corrected chi connectivity index (χ1v) is 11.3. The number of likely N-dealkylation sites (tertiary alicyclic amines) is 1. The maximum absolute atomic E-state index is 12.6. The molecule has 2 heterocycles. The number of hydrogen-bond donors (Lipinski definition) is 1. The van der Waals surface area contributed by atoms with Crippen LogP contribution < -0.4 is 10.2 Å². The predicted molar refractivity (Wildman–Crippen MR) is 125 cm³/mol. The van der Waals surface area contributed by atoms with Crippen LogP contribution in [0.3, 0.4) is 0 Å². The van der Waals surface area contributed by atoms with E-state index in [9.17, 15) is 4.79 Å². The van der Waals surface area contributed by atoms with E-state index in [0.717, 1.165) is 43.7 Å². The van der Waals surface area contributed by atoms with Gasteiger partial charge < -0.3 is 14.7 Å². The summed E-state index contributed by atoms with van der Waals surface area (Å²) in [7, 11) is 2.04. The number of carbonyl (C=O) groups is 1. The van der Waals surface area contributed by atoms with Gasteiger partial charge in [0.15, 0.2) is 0 Å². The van der Waals surface area contributed by atoms with Crippen molar-refractivity contribution in [2.75, 3.05) is 38.1 Å². The lowest BCUT2D eigenvalue weighted by Gasteiger charge is -2.30. The molecule has 1 N–H and O–H groups in total. The van der Waals surface area contributed by atoms with E-state index >= 15 is 0 Å². The van der Waals surface area contributed by atoms with Crippen LogP contribution in [0.5, 0.6) is 0 Å². The summed E-state index contributed by atoms with van der Waals surface area (Å²) in [6.45, 7) is 3.68. The first-order chi connectivity index (χ1) is 15.6. The van der Waals surface area contributed by atoms with Gasteiger partial charge in [-0.25, -0.2) is 0 Å². The van der Waals surface area contributed by atoms with Crippen LogP contribution >= 0.6 is 11.6 Å². The number of nitrogens with one attached hydrogen (secondary N) is 1. The molecule has 168 valence electrons. The summed E-state index contributed by atoms with van der Waals surface area (Å²) in [5.41, 5.74) is 2.02. The summed E-state index contributed by atoms with van der Waals surface area (Å²) in [6.07, 6.45) is 1.66. The van der Waals surface area contributed by atoms with E-state index < -0.39 is 0 Å². The number of anilines is 1. The van der Waals surface area contributed by atoms with Gasteiger partial charge in [-0.1, -0.05) is 35.0 Å². The van der Waals surface area contributed by atoms with Gasteiger partial charge in [0.25, 0.3) is 0 Å². The molecule has 0 unspecified atom stereocenters. The summed E-state index contributed by atoms with van der Waals surface area (Å²) in [5.74, 6) is 1.35. The lowest BCUT2D eigenvalue weighted by Crippen LogP contribution is -2.42. The molecule has 0 bridgehead atoms. The van der Waals surface area contributed by atoms with E-state index in [-0.39, 0.29) is 11.8 Å². The Morgan fingerprint density at radius 2 is 1.88 bits per heavy atom. The molecule has 8 heteroatoms. The average Bonchev–Trinajstić information content (AvgIpc) is 3.29. The largest absolute Gasteiger partial charge is 0.373 e. The molecule has 1 fully saturated rings. The second-order valence-electron chi connectivity index (χ2n) is 8.12. The number of hydrogen-bond acceptors (Lipinski definition) is 6. The maximum atomic E-state index is 12.6. The highest BCUT2D eigenvalue weighted by Gasteiger charge is 2.26. The van der Waals surface area contributed by atoms with Crippen molar-refractivity contribution in [3.05, 3.63) is 65.5 Å². The minimum absolute atomic E-state index is 0.0561. The number of piperidine rings is 1. The molecule has 32 heavy (non-hydrogen) atoms. The third kappa shape index (κ3) is 5.87. The van der Waals surface area contributed by atoms with E-state index in [1.165, 1.54) is 0 Å². The molecule has 0 atom stereocenters. The van der Waals surface area contributed by atoms with E-state index in [2.05, 4.69) is 37.4 Å². The van der Waals surface area contributed by atoms with Crippen molar-refractivity contribution in [3.8, 4) is 11.4 Å². The monoisotopic (exact) mass is 453 g/mol. The topological polar surface area (TPSA) is 74.5 Å². The van der Waals surface area contributed by atoms with Gasteiger partial charge in [0.2, 0.25) is 17.6 Å². The molecule has 4 rings (SSSR count). The molecule has 1 aromatic heterocycles. The molecule has 7 nitrogen and oxygen atoms in total. The summed E-state index contributed by atoms with van der Waals surface area (Å²) in [6, 6.07) is 17.5. The molecule has 2 aromatic carbocycles. The molecular formula is C24H28ClN5O2. The Morgan fingerprint density at radius 3 is 2.59 bits per heavy atom.